The molecule has 29 heavy (non-hydrogen) atoms. The zero-order valence-electron chi connectivity index (χ0n) is 15.8. The van der Waals surface area contributed by atoms with E-state index in [1.165, 1.54) is 0 Å². The highest BCUT2D eigenvalue weighted by Gasteiger charge is 2.30. The lowest BCUT2D eigenvalue weighted by molar-refractivity contribution is -0.123. The Morgan fingerprint density at radius 2 is 1.90 bits per heavy atom. The van der Waals surface area contributed by atoms with Gasteiger partial charge >= 0.3 is 5.24 Å². The maximum atomic E-state index is 11.6. The Bertz CT molecular complexity index is 1000. The van der Waals surface area contributed by atoms with Gasteiger partial charge in [0.2, 0.25) is 5.89 Å². The number of benzene rings is 2. The zero-order chi connectivity index (χ0) is 20.2. The van der Waals surface area contributed by atoms with Crippen molar-refractivity contribution in [3.8, 4) is 17.2 Å². The number of hydrogen-bond donors (Lipinski definition) is 1. The Morgan fingerprint density at radius 1 is 1.14 bits per heavy atom. The van der Waals surface area contributed by atoms with Crippen LogP contribution in [-0.2, 0) is 11.2 Å². The number of carbonyl (C=O) groups is 2. The lowest BCUT2D eigenvalue weighted by Crippen LogP contribution is -2.34. The maximum Gasteiger partial charge on any atom is 0.307 e. The quantitative estimate of drug-likeness (QED) is 0.623. The fourth-order valence-electron chi connectivity index (χ4n) is 2.85. The van der Waals surface area contributed by atoms with Crippen LogP contribution in [-0.4, -0.2) is 33.5 Å². The van der Waals surface area contributed by atoms with Gasteiger partial charge in [-0.3, -0.25) is 15.0 Å². The summed E-state index contributed by atoms with van der Waals surface area (Å²) in [5.74, 6) is 2.00. The van der Waals surface area contributed by atoms with E-state index in [-0.39, 0.29) is 16.9 Å². The van der Waals surface area contributed by atoms with E-state index in [0.717, 1.165) is 33.8 Å². The van der Waals surface area contributed by atoms with Gasteiger partial charge in [0.1, 0.15) is 11.5 Å². The van der Waals surface area contributed by atoms with E-state index in [1.54, 1.807) is 24.3 Å². The molecule has 0 saturated carbocycles. The molecule has 0 aliphatic carbocycles. The summed E-state index contributed by atoms with van der Waals surface area (Å²) in [5.41, 5.74) is 5.26. The van der Waals surface area contributed by atoms with Crippen LogP contribution >= 0.6 is 11.8 Å². The largest absolute Gasteiger partial charge is 0.493 e. The van der Waals surface area contributed by atoms with E-state index in [2.05, 4.69) is 10.4 Å². The number of hydrogen-bond acceptors (Lipinski definition) is 7. The van der Waals surface area contributed by atoms with Gasteiger partial charge in [0.25, 0.3) is 5.91 Å². The Hall–Kier alpha value is -3.26. The van der Waals surface area contributed by atoms with Crippen LogP contribution in [0, 0.1) is 6.92 Å². The summed E-state index contributed by atoms with van der Waals surface area (Å²) in [7, 11) is 0. The van der Waals surface area contributed by atoms with Crippen LogP contribution in [0.5, 0.6) is 5.75 Å². The molecule has 1 N–H and O–H groups in total. The standard InChI is InChI=1S/C21H19N3O4S/c1-14-18(22-20(28-14)15-5-3-2-4-6-15)11-12-27-17-9-7-16(8-10-17)23-24-19(25)13-29-21(24)26/h2-10,23H,11-13H2,1H3. The van der Waals surface area contributed by atoms with Crippen molar-refractivity contribution in [2.24, 2.45) is 0 Å². The lowest BCUT2D eigenvalue weighted by atomic mass is 10.2. The summed E-state index contributed by atoms with van der Waals surface area (Å²) in [6, 6.07) is 16.9. The molecule has 3 aromatic rings. The predicted octanol–water partition coefficient (Wildman–Crippen LogP) is 4.29. The summed E-state index contributed by atoms with van der Waals surface area (Å²) in [6.45, 7) is 2.35. The van der Waals surface area contributed by atoms with Crippen LogP contribution in [0.1, 0.15) is 11.5 Å². The zero-order valence-corrected chi connectivity index (χ0v) is 16.6. The maximum absolute atomic E-state index is 11.6. The number of anilines is 1. The number of ether oxygens (including phenoxy) is 1. The molecule has 0 spiro atoms. The lowest BCUT2D eigenvalue weighted by Gasteiger charge is -2.15. The van der Waals surface area contributed by atoms with Gasteiger partial charge in [-0.2, -0.15) is 5.01 Å². The third-order valence-electron chi connectivity index (χ3n) is 4.37. The smallest absolute Gasteiger partial charge is 0.307 e. The average molecular weight is 409 g/mol. The van der Waals surface area contributed by atoms with Gasteiger partial charge < -0.3 is 9.15 Å². The summed E-state index contributed by atoms with van der Waals surface area (Å²) < 4.78 is 11.5. The van der Waals surface area contributed by atoms with Gasteiger partial charge in [-0.25, -0.2) is 4.98 Å². The summed E-state index contributed by atoms with van der Waals surface area (Å²) >= 11 is 0.983. The molecule has 8 heteroatoms. The number of aryl methyl sites for hydroxylation is 1. The van der Waals surface area contributed by atoms with Crippen molar-refractivity contribution in [2.75, 3.05) is 17.8 Å². The average Bonchev–Trinajstić information content (AvgIpc) is 3.27. The fourth-order valence-corrected chi connectivity index (χ4v) is 3.50. The van der Waals surface area contributed by atoms with E-state index in [4.69, 9.17) is 9.15 Å². The van der Waals surface area contributed by atoms with E-state index in [0.29, 0.717) is 30.4 Å². The summed E-state index contributed by atoms with van der Waals surface area (Å²) in [4.78, 5) is 27.8. The minimum absolute atomic E-state index is 0.167. The molecule has 1 fully saturated rings. The van der Waals surface area contributed by atoms with Crippen LogP contribution < -0.4 is 10.2 Å². The highest BCUT2D eigenvalue weighted by Crippen LogP contribution is 2.23. The minimum Gasteiger partial charge on any atom is -0.493 e. The molecule has 1 aliphatic rings. The molecule has 4 rings (SSSR count). The second-order valence-electron chi connectivity index (χ2n) is 6.41. The van der Waals surface area contributed by atoms with Crippen molar-refractivity contribution >= 4 is 28.6 Å². The fraction of sp³-hybridized carbons (Fsp3) is 0.190. The number of nitrogens with zero attached hydrogens (tertiary/aromatic N) is 2. The first kappa shape index (κ1) is 19.1. The Balaban J connectivity index is 1.31. The molecule has 2 heterocycles. The van der Waals surface area contributed by atoms with E-state index < -0.39 is 0 Å². The van der Waals surface area contributed by atoms with E-state index >= 15 is 0 Å². The number of nitrogens with one attached hydrogen (secondary N) is 1. The Kier molecular flexibility index (Phi) is 5.53. The number of aromatic nitrogens is 1. The molecule has 0 atom stereocenters. The van der Waals surface area contributed by atoms with Crippen LogP contribution in [0.2, 0.25) is 0 Å². The van der Waals surface area contributed by atoms with E-state index in [9.17, 15) is 9.59 Å². The van der Waals surface area contributed by atoms with Crippen LogP contribution in [0.25, 0.3) is 11.5 Å². The van der Waals surface area contributed by atoms with Gasteiger partial charge in [0.15, 0.2) is 0 Å². The van der Waals surface area contributed by atoms with E-state index in [1.807, 2.05) is 37.3 Å². The number of carbonyl (C=O) groups excluding carboxylic acids is 2. The van der Waals surface area contributed by atoms with Crippen molar-refractivity contribution in [3.05, 3.63) is 66.1 Å². The van der Waals surface area contributed by atoms with Crippen molar-refractivity contribution < 1.29 is 18.7 Å². The number of hydrazine groups is 1. The molecule has 0 unspecified atom stereocenters. The molecule has 1 saturated heterocycles. The third-order valence-corrected chi connectivity index (χ3v) is 5.19. The van der Waals surface area contributed by atoms with Gasteiger partial charge in [-0.15, -0.1) is 0 Å². The Morgan fingerprint density at radius 3 is 2.59 bits per heavy atom. The first-order valence-electron chi connectivity index (χ1n) is 9.11. The van der Waals surface area contributed by atoms with Crippen molar-refractivity contribution in [1.29, 1.82) is 0 Å². The van der Waals surface area contributed by atoms with Crippen LogP contribution in [0.15, 0.2) is 59.0 Å². The monoisotopic (exact) mass is 409 g/mol. The molecule has 1 aromatic heterocycles. The highest BCUT2D eigenvalue weighted by molar-refractivity contribution is 8.14. The highest BCUT2D eigenvalue weighted by atomic mass is 32.2. The van der Waals surface area contributed by atoms with Crippen molar-refractivity contribution in [1.82, 2.24) is 9.99 Å². The molecule has 0 radical (unpaired) electrons. The van der Waals surface area contributed by atoms with Crippen LogP contribution in [0.3, 0.4) is 0 Å². The molecular weight excluding hydrogens is 390 g/mol. The first-order chi connectivity index (χ1) is 14.1. The SMILES string of the molecule is Cc1oc(-c2ccccc2)nc1CCOc1ccc(NN2C(=O)CSC2=O)cc1. The topological polar surface area (TPSA) is 84.7 Å². The first-order valence-corrected chi connectivity index (χ1v) is 10.1. The van der Waals surface area contributed by atoms with Gasteiger partial charge in [0.05, 0.1) is 23.7 Å². The minimum atomic E-state index is -0.298. The second kappa shape index (κ2) is 8.40. The number of thioether (sulfide) groups is 1. The molecule has 0 bridgehead atoms. The number of oxazole rings is 1. The Labute approximate surface area is 172 Å². The van der Waals surface area contributed by atoms with Crippen LogP contribution in [0.4, 0.5) is 10.5 Å². The molecular formula is C21H19N3O4S. The summed E-state index contributed by atoms with van der Waals surface area (Å²) in [6.07, 6.45) is 0.621. The van der Waals surface area contributed by atoms with Gasteiger partial charge in [0, 0.05) is 12.0 Å². The number of imide groups is 1. The summed E-state index contributed by atoms with van der Waals surface area (Å²) in [5, 5.41) is 0.728. The normalized spacial score (nSPS) is 13.8. The van der Waals surface area contributed by atoms with Gasteiger partial charge in [-0.05, 0) is 43.3 Å². The van der Waals surface area contributed by atoms with Crippen molar-refractivity contribution in [2.45, 2.75) is 13.3 Å². The predicted molar refractivity (Wildman–Crippen MR) is 111 cm³/mol. The number of amides is 2. The second-order valence-corrected chi connectivity index (χ2v) is 7.33. The number of rotatable bonds is 7. The molecule has 1 aliphatic heterocycles. The molecule has 7 nitrogen and oxygen atoms in total. The van der Waals surface area contributed by atoms with Gasteiger partial charge in [-0.1, -0.05) is 30.0 Å². The molecule has 2 amide bonds. The van der Waals surface area contributed by atoms with Crippen molar-refractivity contribution in [3.63, 3.8) is 0 Å². The third kappa shape index (κ3) is 4.43. The molecule has 148 valence electrons. The molecule has 2 aromatic carbocycles.